The second-order valence-corrected chi connectivity index (χ2v) is 8.67. The first kappa shape index (κ1) is 20.0. The average Bonchev–Trinajstić information content (AvgIpc) is 3.01. The maximum Gasteiger partial charge on any atom is 0.326 e. The van der Waals surface area contributed by atoms with Crippen LogP contribution in [0.4, 0.5) is 16.2 Å². The summed E-state index contributed by atoms with van der Waals surface area (Å²) in [6, 6.07) is 9.94. The van der Waals surface area contributed by atoms with Gasteiger partial charge in [-0.2, -0.15) is 0 Å². The van der Waals surface area contributed by atoms with Crippen molar-refractivity contribution in [2.24, 2.45) is 0 Å². The summed E-state index contributed by atoms with van der Waals surface area (Å²) in [5.41, 5.74) is 1.89. The Morgan fingerprint density at radius 1 is 1.24 bits per heavy atom. The second-order valence-electron chi connectivity index (χ2n) is 6.14. The van der Waals surface area contributed by atoms with Crippen molar-refractivity contribution in [1.29, 1.82) is 0 Å². The molecule has 6 nitrogen and oxygen atoms in total. The molecular formula is C19H13Cl2N3O3S2. The van der Waals surface area contributed by atoms with Gasteiger partial charge in [0.05, 0.1) is 27.2 Å². The summed E-state index contributed by atoms with van der Waals surface area (Å²) < 4.78 is 6.09. The van der Waals surface area contributed by atoms with Gasteiger partial charge in [0.1, 0.15) is 16.7 Å². The number of thiocarbonyl (C=S) groups is 1. The van der Waals surface area contributed by atoms with Crippen molar-refractivity contribution in [3.05, 3.63) is 56.9 Å². The van der Waals surface area contributed by atoms with Crippen LogP contribution < -0.4 is 20.3 Å². The van der Waals surface area contributed by atoms with E-state index in [9.17, 15) is 9.59 Å². The van der Waals surface area contributed by atoms with Crippen LogP contribution in [0.15, 0.2) is 41.3 Å². The number of amides is 3. The zero-order chi connectivity index (χ0) is 20.5. The van der Waals surface area contributed by atoms with Gasteiger partial charge in [-0.3, -0.25) is 9.69 Å². The highest BCUT2D eigenvalue weighted by molar-refractivity contribution is 8.26. The monoisotopic (exact) mass is 465 g/mol. The second kappa shape index (κ2) is 8.23. The van der Waals surface area contributed by atoms with Crippen molar-refractivity contribution >= 4 is 80.9 Å². The smallest absolute Gasteiger partial charge is 0.326 e. The highest BCUT2D eigenvalue weighted by Gasteiger charge is 2.26. The summed E-state index contributed by atoms with van der Waals surface area (Å²) in [6.07, 6.45) is 1.73. The van der Waals surface area contributed by atoms with Crippen molar-refractivity contribution in [2.75, 3.05) is 23.4 Å². The minimum atomic E-state index is -0.327. The minimum absolute atomic E-state index is 0.233. The predicted octanol–water partition coefficient (Wildman–Crippen LogP) is 4.91. The van der Waals surface area contributed by atoms with E-state index in [0.29, 0.717) is 49.5 Å². The molecular weight excluding hydrogens is 453 g/mol. The number of thioether (sulfide) groups is 1. The lowest BCUT2D eigenvalue weighted by Gasteiger charge is -2.30. The number of nitrogens with zero attached hydrogens (tertiary/aromatic N) is 1. The molecule has 2 aromatic rings. The van der Waals surface area contributed by atoms with E-state index >= 15 is 0 Å². The van der Waals surface area contributed by atoms with E-state index in [1.807, 2.05) is 6.07 Å². The number of benzene rings is 2. The highest BCUT2D eigenvalue weighted by Crippen LogP contribution is 2.35. The molecule has 4 rings (SSSR count). The Bertz CT molecular complexity index is 1070. The van der Waals surface area contributed by atoms with E-state index in [-0.39, 0.29) is 11.9 Å². The van der Waals surface area contributed by atoms with Crippen LogP contribution in [-0.4, -0.2) is 29.4 Å². The van der Waals surface area contributed by atoms with Crippen LogP contribution >= 0.6 is 47.2 Å². The van der Waals surface area contributed by atoms with E-state index in [4.69, 9.17) is 40.2 Å². The fourth-order valence-corrected chi connectivity index (χ4v) is 4.22. The first-order valence-corrected chi connectivity index (χ1v) is 10.4. The molecule has 2 heterocycles. The first-order valence-electron chi connectivity index (χ1n) is 8.46. The Morgan fingerprint density at radius 2 is 2.07 bits per heavy atom. The molecule has 0 saturated carbocycles. The van der Waals surface area contributed by atoms with Gasteiger partial charge in [0.15, 0.2) is 0 Å². The molecule has 2 aromatic carbocycles. The van der Waals surface area contributed by atoms with Crippen molar-refractivity contribution in [3.63, 3.8) is 0 Å². The molecule has 2 aliphatic rings. The highest BCUT2D eigenvalue weighted by atomic mass is 35.5. The van der Waals surface area contributed by atoms with Gasteiger partial charge >= 0.3 is 6.03 Å². The molecule has 2 N–H and O–H groups in total. The molecule has 0 spiro atoms. The van der Waals surface area contributed by atoms with Gasteiger partial charge < -0.3 is 15.4 Å². The van der Waals surface area contributed by atoms with Gasteiger partial charge in [-0.05, 0) is 42.0 Å². The molecule has 0 bridgehead atoms. The molecule has 29 heavy (non-hydrogen) atoms. The molecule has 3 amide bonds. The first-order chi connectivity index (χ1) is 13.9. The lowest BCUT2D eigenvalue weighted by Crippen LogP contribution is -2.40. The summed E-state index contributed by atoms with van der Waals surface area (Å²) in [5, 5.41) is 6.16. The molecule has 1 fully saturated rings. The van der Waals surface area contributed by atoms with E-state index in [1.165, 1.54) is 11.8 Å². The topological polar surface area (TPSA) is 70.7 Å². The molecule has 148 valence electrons. The Labute approximate surface area is 186 Å². The van der Waals surface area contributed by atoms with Gasteiger partial charge in [0.2, 0.25) is 0 Å². The van der Waals surface area contributed by atoms with Crippen LogP contribution in [0.25, 0.3) is 6.08 Å². The summed E-state index contributed by atoms with van der Waals surface area (Å²) in [7, 11) is 0. The van der Waals surface area contributed by atoms with Crippen molar-refractivity contribution in [3.8, 4) is 5.75 Å². The zero-order valence-corrected chi connectivity index (χ0v) is 17.8. The Balaban J connectivity index is 1.60. The molecule has 0 atom stereocenters. The van der Waals surface area contributed by atoms with Gasteiger partial charge in [0.25, 0.3) is 5.91 Å². The fourth-order valence-electron chi connectivity index (χ4n) is 2.87. The predicted molar refractivity (Wildman–Crippen MR) is 121 cm³/mol. The largest absolute Gasteiger partial charge is 0.490 e. The Kier molecular flexibility index (Phi) is 5.69. The number of halogens is 2. The standard InChI is InChI=1S/C19H13Cl2N3O3S2/c20-12-3-2-11(9-13(12)21)22-18(26)24-5-6-27-15-4-1-10(7-14(15)24)8-16-17(25)23-19(28)29-16/h1-4,7-9H,5-6H2,(H,22,26)(H,23,25,28). The maximum atomic E-state index is 12.9. The van der Waals surface area contributed by atoms with Crippen LogP contribution in [0.2, 0.25) is 10.0 Å². The normalized spacial score (nSPS) is 17.0. The molecule has 0 radical (unpaired) electrons. The number of carbonyl (C=O) groups excluding carboxylic acids is 2. The number of anilines is 2. The lowest BCUT2D eigenvalue weighted by molar-refractivity contribution is -0.115. The molecule has 2 aliphatic heterocycles. The fraction of sp³-hybridized carbons (Fsp3) is 0.105. The Hall–Kier alpha value is -2.26. The van der Waals surface area contributed by atoms with Crippen LogP contribution in [0.1, 0.15) is 5.56 Å². The quantitative estimate of drug-likeness (QED) is 0.486. The number of carbonyl (C=O) groups is 2. The summed E-state index contributed by atoms with van der Waals surface area (Å²) in [4.78, 5) is 26.8. The summed E-state index contributed by atoms with van der Waals surface area (Å²) >= 11 is 18.2. The molecule has 1 saturated heterocycles. The third kappa shape index (κ3) is 4.35. The SMILES string of the molecule is O=C1NC(=S)SC1=Cc1ccc2c(c1)N(C(=O)Nc1ccc(Cl)c(Cl)c1)CCO2. The van der Waals surface area contributed by atoms with Crippen molar-refractivity contribution < 1.29 is 14.3 Å². The molecule has 0 unspecified atom stereocenters. The summed E-state index contributed by atoms with van der Waals surface area (Å²) in [6.45, 7) is 0.744. The molecule has 10 heteroatoms. The number of hydrogen-bond acceptors (Lipinski definition) is 5. The summed E-state index contributed by atoms with van der Waals surface area (Å²) in [5.74, 6) is 0.352. The van der Waals surface area contributed by atoms with Crippen LogP contribution in [0.5, 0.6) is 5.75 Å². The van der Waals surface area contributed by atoms with Crippen LogP contribution in [0.3, 0.4) is 0 Å². The third-order valence-electron chi connectivity index (χ3n) is 4.20. The van der Waals surface area contributed by atoms with Gasteiger partial charge in [-0.15, -0.1) is 0 Å². The van der Waals surface area contributed by atoms with E-state index in [1.54, 1.807) is 41.3 Å². The van der Waals surface area contributed by atoms with Crippen molar-refractivity contribution in [1.82, 2.24) is 5.32 Å². The zero-order valence-electron chi connectivity index (χ0n) is 14.7. The van der Waals surface area contributed by atoms with Crippen molar-refractivity contribution in [2.45, 2.75) is 0 Å². The van der Waals surface area contributed by atoms with E-state index < -0.39 is 0 Å². The molecule has 0 aliphatic carbocycles. The number of fused-ring (bicyclic) bond motifs is 1. The number of rotatable bonds is 2. The minimum Gasteiger partial charge on any atom is -0.490 e. The maximum absolute atomic E-state index is 12.9. The average molecular weight is 466 g/mol. The van der Waals surface area contributed by atoms with Gasteiger partial charge in [0, 0.05) is 5.69 Å². The van der Waals surface area contributed by atoms with E-state index in [2.05, 4.69) is 10.6 Å². The molecule has 0 aromatic heterocycles. The van der Waals surface area contributed by atoms with Crippen LogP contribution in [0, 0.1) is 0 Å². The van der Waals surface area contributed by atoms with Crippen LogP contribution in [-0.2, 0) is 4.79 Å². The Morgan fingerprint density at radius 3 is 2.79 bits per heavy atom. The third-order valence-corrected chi connectivity index (χ3v) is 6.10. The van der Waals surface area contributed by atoms with E-state index in [0.717, 1.165) is 5.56 Å². The van der Waals surface area contributed by atoms with Gasteiger partial charge in [-0.25, -0.2) is 4.79 Å². The number of nitrogens with one attached hydrogen (secondary N) is 2. The van der Waals surface area contributed by atoms with Gasteiger partial charge in [-0.1, -0.05) is 53.2 Å². The number of hydrogen-bond donors (Lipinski definition) is 2. The lowest BCUT2D eigenvalue weighted by atomic mass is 10.1. The number of urea groups is 1. The number of ether oxygens (including phenoxy) is 1.